The van der Waals surface area contributed by atoms with Crippen LogP contribution in [0.1, 0.15) is 12.0 Å². The monoisotopic (exact) mass is 299 g/mol. The Labute approximate surface area is 108 Å². The second kappa shape index (κ2) is 4.27. The standard InChI is InChI=1S/C11H14BrN3O2/c1-7-4-9(14-5-8(7)12)15-3-2-11(13,6-15)10(16)17/h4-5H,2-3,6,13H2,1H3,(H,16,17). The lowest BCUT2D eigenvalue weighted by Gasteiger charge is -2.21. The van der Waals surface area contributed by atoms with Gasteiger partial charge in [-0.05, 0) is 40.9 Å². The smallest absolute Gasteiger partial charge is 0.325 e. The molecule has 1 aliphatic heterocycles. The summed E-state index contributed by atoms with van der Waals surface area (Å²) in [5.74, 6) is -0.173. The van der Waals surface area contributed by atoms with Crippen LogP contribution in [0.25, 0.3) is 0 Å². The minimum atomic E-state index is -1.15. The van der Waals surface area contributed by atoms with E-state index in [4.69, 9.17) is 10.8 Å². The molecular formula is C11H14BrN3O2. The first-order valence-corrected chi connectivity index (χ1v) is 6.11. The van der Waals surface area contributed by atoms with Crippen LogP contribution in [0.2, 0.25) is 0 Å². The van der Waals surface area contributed by atoms with E-state index in [1.54, 1.807) is 6.20 Å². The molecule has 1 aromatic heterocycles. The normalized spacial score (nSPS) is 24.1. The third kappa shape index (κ3) is 2.28. The summed E-state index contributed by atoms with van der Waals surface area (Å²) >= 11 is 3.38. The maximum atomic E-state index is 11.0. The Hall–Kier alpha value is -1.14. The van der Waals surface area contributed by atoms with Crippen molar-refractivity contribution >= 4 is 27.7 Å². The van der Waals surface area contributed by atoms with Gasteiger partial charge < -0.3 is 15.7 Å². The summed E-state index contributed by atoms with van der Waals surface area (Å²) in [5.41, 5.74) is 5.74. The summed E-state index contributed by atoms with van der Waals surface area (Å²) < 4.78 is 0.942. The number of carboxylic acid groups (broad SMARTS) is 1. The molecule has 0 aliphatic carbocycles. The molecule has 1 saturated heterocycles. The Kier molecular flexibility index (Phi) is 3.09. The van der Waals surface area contributed by atoms with Crippen LogP contribution in [0, 0.1) is 6.92 Å². The van der Waals surface area contributed by atoms with E-state index in [1.165, 1.54) is 0 Å². The van der Waals surface area contributed by atoms with Crippen LogP contribution in [0.5, 0.6) is 0 Å². The Morgan fingerprint density at radius 1 is 1.71 bits per heavy atom. The van der Waals surface area contributed by atoms with Crippen molar-refractivity contribution in [1.29, 1.82) is 0 Å². The molecule has 5 nitrogen and oxygen atoms in total. The van der Waals surface area contributed by atoms with Gasteiger partial charge in [0.05, 0.1) is 0 Å². The van der Waals surface area contributed by atoms with Gasteiger partial charge in [0.15, 0.2) is 0 Å². The van der Waals surface area contributed by atoms with Crippen molar-refractivity contribution in [3.8, 4) is 0 Å². The molecule has 1 fully saturated rings. The maximum absolute atomic E-state index is 11.0. The van der Waals surface area contributed by atoms with Crippen molar-refractivity contribution in [2.75, 3.05) is 18.0 Å². The molecule has 0 saturated carbocycles. The SMILES string of the molecule is Cc1cc(N2CCC(N)(C(=O)O)C2)ncc1Br. The number of nitrogens with zero attached hydrogens (tertiary/aromatic N) is 2. The molecule has 2 heterocycles. The van der Waals surface area contributed by atoms with Crippen LogP contribution in [-0.4, -0.2) is 34.7 Å². The third-order valence-electron chi connectivity index (χ3n) is 3.08. The Bertz CT molecular complexity index is 466. The quantitative estimate of drug-likeness (QED) is 0.856. The summed E-state index contributed by atoms with van der Waals surface area (Å²) in [6.07, 6.45) is 2.17. The number of aliphatic carboxylic acids is 1. The van der Waals surface area contributed by atoms with E-state index in [0.29, 0.717) is 19.5 Å². The lowest BCUT2D eigenvalue weighted by molar-refractivity contribution is -0.142. The molecular weight excluding hydrogens is 286 g/mol. The Morgan fingerprint density at radius 3 is 2.94 bits per heavy atom. The highest BCUT2D eigenvalue weighted by Crippen LogP contribution is 2.26. The minimum absolute atomic E-state index is 0.302. The molecule has 1 unspecified atom stereocenters. The number of pyridine rings is 1. The molecule has 1 atom stereocenters. The van der Waals surface area contributed by atoms with Gasteiger partial charge in [-0.15, -0.1) is 0 Å². The summed E-state index contributed by atoms with van der Waals surface area (Å²) in [6, 6.07) is 1.93. The van der Waals surface area contributed by atoms with E-state index in [1.807, 2.05) is 17.9 Å². The molecule has 0 aromatic carbocycles. The molecule has 92 valence electrons. The van der Waals surface area contributed by atoms with Crippen molar-refractivity contribution in [2.45, 2.75) is 18.9 Å². The minimum Gasteiger partial charge on any atom is -0.480 e. The predicted molar refractivity (Wildman–Crippen MR) is 68.1 cm³/mol. The van der Waals surface area contributed by atoms with E-state index in [0.717, 1.165) is 15.9 Å². The van der Waals surface area contributed by atoms with Gasteiger partial charge in [0.2, 0.25) is 0 Å². The molecule has 2 rings (SSSR count). The predicted octanol–water partition coefficient (Wildman–Crippen LogP) is 1.14. The zero-order chi connectivity index (χ0) is 12.6. The summed E-state index contributed by atoms with van der Waals surface area (Å²) in [5, 5.41) is 9.06. The molecule has 0 bridgehead atoms. The van der Waals surface area contributed by atoms with E-state index in [-0.39, 0.29) is 0 Å². The first-order chi connectivity index (χ1) is 7.92. The second-order valence-corrected chi connectivity index (χ2v) is 5.28. The summed E-state index contributed by atoms with van der Waals surface area (Å²) in [7, 11) is 0. The molecule has 17 heavy (non-hydrogen) atoms. The Morgan fingerprint density at radius 2 is 2.41 bits per heavy atom. The van der Waals surface area contributed by atoms with E-state index >= 15 is 0 Å². The van der Waals surface area contributed by atoms with Crippen molar-refractivity contribution in [3.63, 3.8) is 0 Å². The van der Waals surface area contributed by atoms with Crippen LogP contribution in [0.3, 0.4) is 0 Å². The van der Waals surface area contributed by atoms with Gasteiger partial charge in [0.25, 0.3) is 0 Å². The number of aryl methyl sites for hydroxylation is 1. The highest BCUT2D eigenvalue weighted by atomic mass is 79.9. The van der Waals surface area contributed by atoms with E-state index in [2.05, 4.69) is 20.9 Å². The molecule has 6 heteroatoms. The van der Waals surface area contributed by atoms with Gasteiger partial charge in [-0.25, -0.2) is 4.98 Å². The number of halogens is 1. The Balaban J connectivity index is 2.21. The lowest BCUT2D eigenvalue weighted by atomic mass is 10.0. The zero-order valence-electron chi connectivity index (χ0n) is 9.48. The molecule has 1 aromatic rings. The first-order valence-electron chi connectivity index (χ1n) is 5.32. The highest BCUT2D eigenvalue weighted by Gasteiger charge is 2.41. The molecule has 0 spiro atoms. The number of hydrogen-bond donors (Lipinski definition) is 2. The van der Waals surface area contributed by atoms with Gasteiger partial charge in [-0.2, -0.15) is 0 Å². The largest absolute Gasteiger partial charge is 0.480 e. The van der Waals surface area contributed by atoms with E-state index < -0.39 is 11.5 Å². The molecule has 0 amide bonds. The lowest BCUT2D eigenvalue weighted by Crippen LogP contribution is -2.50. The van der Waals surface area contributed by atoms with Crippen molar-refractivity contribution in [2.24, 2.45) is 5.73 Å². The number of carboxylic acids is 1. The first kappa shape index (κ1) is 12.3. The number of rotatable bonds is 2. The number of hydrogen-bond acceptors (Lipinski definition) is 4. The fourth-order valence-corrected chi connectivity index (χ4v) is 2.12. The van der Waals surface area contributed by atoms with Crippen LogP contribution in [0.15, 0.2) is 16.7 Å². The fraction of sp³-hybridized carbons (Fsp3) is 0.455. The summed E-state index contributed by atoms with van der Waals surface area (Å²) in [6.45, 7) is 2.89. The third-order valence-corrected chi connectivity index (χ3v) is 3.91. The fourth-order valence-electron chi connectivity index (χ4n) is 1.90. The van der Waals surface area contributed by atoms with Crippen molar-refractivity contribution in [3.05, 3.63) is 22.3 Å². The molecule has 3 N–H and O–H groups in total. The van der Waals surface area contributed by atoms with Crippen LogP contribution >= 0.6 is 15.9 Å². The molecule has 1 aliphatic rings. The van der Waals surface area contributed by atoms with Gasteiger partial charge in [0.1, 0.15) is 11.4 Å². The average Bonchev–Trinajstić information content (AvgIpc) is 2.67. The summed E-state index contributed by atoms with van der Waals surface area (Å²) in [4.78, 5) is 17.2. The van der Waals surface area contributed by atoms with Crippen LogP contribution in [-0.2, 0) is 4.79 Å². The maximum Gasteiger partial charge on any atom is 0.325 e. The number of aromatic nitrogens is 1. The van der Waals surface area contributed by atoms with Crippen molar-refractivity contribution < 1.29 is 9.90 Å². The van der Waals surface area contributed by atoms with Gasteiger partial charge in [0, 0.05) is 23.8 Å². The zero-order valence-corrected chi connectivity index (χ0v) is 11.1. The van der Waals surface area contributed by atoms with Crippen molar-refractivity contribution in [1.82, 2.24) is 4.98 Å². The number of carbonyl (C=O) groups is 1. The number of nitrogens with two attached hydrogens (primary N) is 1. The van der Waals surface area contributed by atoms with Gasteiger partial charge >= 0.3 is 5.97 Å². The van der Waals surface area contributed by atoms with E-state index in [9.17, 15) is 4.79 Å². The average molecular weight is 300 g/mol. The van der Waals surface area contributed by atoms with Gasteiger partial charge in [-0.3, -0.25) is 4.79 Å². The second-order valence-electron chi connectivity index (χ2n) is 4.42. The molecule has 0 radical (unpaired) electrons. The van der Waals surface area contributed by atoms with Crippen LogP contribution in [0.4, 0.5) is 5.82 Å². The number of anilines is 1. The highest BCUT2D eigenvalue weighted by molar-refractivity contribution is 9.10. The van der Waals surface area contributed by atoms with Gasteiger partial charge in [-0.1, -0.05) is 0 Å². The topological polar surface area (TPSA) is 79.5 Å². The van der Waals surface area contributed by atoms with Crippen LogP contribution < -0.4 is 10.6 Å².